The number of carbonyl (C=O) groups is 1. The molecule has 0 unspecified atom stereocenters. The fourth-order valence-electron chi connectivity index (χ4n) is 2.04. The van der Waals surface area contributed by atoms with Gasteiger partial charge < -0.3 is 11.1 Å². The number of nitrogens with two attached hydrogens (primary N) is 1. The Kier molecular flexibility index (Phi) is 4.71. The number of carbonyl (C=O) groups excluding carboxylic acids is 1. The van der Waals surface area contributed by atoms with E-state index in [1.807, 2.05) is 43.3 Å². The normalized spacial score (nSPS) is 11.8. The van der Waals surface area contributed by atoms with Gasteiger partial charge in [-0.05, 0) is 36.6 Å². The number of nitrogens with one attached hydrogen (secondary N) is 1. The molecule has 0 bridgehead atoms. The van der Waals surface area contributed by atoms with Gasteiger partial charge in [0.15, 0.2) is 0 Å². The number of pyridine rings is 1. The fraction of sp³-hybridized carbons (Fsp3) is 0.250. The molecule has 2 aromatic rings. The first-order chi connectivity index (χ1) is 9.66. The third-order valence-corrected chi connectivity index (χ3v) is 3.24. The van der Waals surface area contributed by atoms with Gasteiger partial charge in [-0.15, -0.1) is 0 Å². The van der Waals surface area contributed by atoms with Gasteiger partial charge in [0.1, 0.15) is 0 Å². The highest BCUT2D eigenvalue weighted by molar-refractivity contribution is 5.76. The number of para-hydroxylation sites is 1. The Bertz CT molecular complexity index is 569. The first-order valence-electron chi connectivity index (χ1n) is 6.69. The molecule has 2 rings (SSSR count). The lowest BCUT2D eigenvalue weighted by molar-refractivity contribution is -0.121. The first kappa shape index (κ1) is 14.1. The number of rotatable bonds is 5. The van der Waals surface area contributed by atoms with Crippen LogP contribution in [0.5, 0.6) is 0 Å². The molecule has 0 aliphatic rings. The molecule has 0 aliphatic carbocycles. The summed E-state index contributed by atoms with van der Waals surface area (Å²) in [7, 11) is 0. The maximum Gasteiger partial charge on any atom is 0.220 e. The van der Waals surface area contributed by atoms with Gasteiger partial charge in [-0.1, -0.05) is 24.3 Å². The average Bonchev–Trinajstić information content (AvgIpc) is 2.47. The number of hydrogen-bond donors (Lipinski definition) is 2. The van der Waals surface area contributed by atoms with Crippen LogP contribution in [0.4, 0.5) is 5.69 Å². The molecule has 0 saturated carbocycles. The molecule has 1 amide bonds. The predicted molar refractivity (Wildman–Crippen MR) is 80.0 cm³/mol. The molecule has 1 aromatic heterocycles. The number of nitrogens with zero attached hydrogens (tertiary/aromatic N) is 1. The van der Waals surface area contributed by atoms with Crippen LogP contribution in [0, 0.1) is 0 Å². The smallest absolute Gasteiger partial charge is 0.220 e. The summed E-state index contributed by atoms with van der Waals surface area (Å²) in [5, 5.41) is 2.97. The molecule has 0 spiro atoms. The van der Waals surface area contributed by atoms with Crippen LogP contribution in [0.15, 0.2) is 48.8 Å². The highest BCUT2D eigenvalue weighted by atomic mass is 16.1. The second-order valence-electron chi connectivity index (χ2n) is 4.77. The largest absolute Gasteiger partial charge is 0.399 e. The van der Waals surface area contributed by atoms with E-state index in [4.69, 9.17) is 5.73 Å². The standard InChI is InChI=1S/C16H19N3O/c1-12(14-6-4-10-18-11-14)19-16(20)9-8-13-5-2-3-7-15(13)17/h2-7,10-12H,8-9,17H2,1H3,(H,19,20)/t12-/m0/s1. The summed E-state index contributed by atoms with van der Waals surface area (Å²) >= 11 is 0. The third-order valence-electron chi connectivity index (χ3n) is 3.24. The zero-order valence-corrected chi connectivity index (χ0v) is 11.5. The molecule has 1 heterocycles. The van der Waals surface area contributed by atoms with E-state index in [1.54, 1.807) is 12.4 Å². The Morgan fingerprint density at radius 1 is 1.30 bits per heavy atom. The average molecular weight is 269 g/mol. The predicted octanol–water partition coefficient (Wildman–Crippen LogP) is 2.47. The molecule has 0 aliphatic heterocycles. The highest BCUT2D eigenvalue weighted by Crippen LogP contribution is 2.14. The number of benzene rings is 1. The Labute approximate surface area is 119 Å². The first-order valence-corrected chi connectivity index (χ1v) is 6.69. The zero-order chi connectivity index (χ0) is 14.4. The number of aromatic nitrogens is 1. The van der Waals surface area contributed by atoms with E-state index in [9.17, 15) is 4.79 Å². The van der Waals surface area contributed by atoms with Crippen LogP contribution in [-0.4, -0.2) is 10.9 Å². The summed E-state index contributed by atoms with van der Waals surface area (Å²) in [6.45, 7) is 1.95. The van der Waals surface area contributed by atoms with E-state index in [-0.39, 0.29) is 11.9 Å². The number of nitrogen functional groups attached to an aromatic ring is 1. The van der Waals surface area contributed by atoms with E-state index in [2.05, 4.69) is 10.3 Å². The third kappa shape index (κ3) is 3.82. The van der Waals surface area contributed by atoms with Crippen LogP contribution in [0.1, 0.15) is 30.5 Å². The van der Waals surface area contributed by atoms with Crippen LogP contribution in [0.3, 0.4) is 0 Å². The Morgan fingerprint density at radius 2 is 2.10 bits per heavy atom. The Morgan fingerprint density at radius 3 is 2.80 bits per heavy atom. The molecular weight excluding hydrogens is 250 g/mol. The molecular formula is C16H19N3O. The van der Waals surface area contributed by atoms with Gasteiger partial charge >= 0.3 is 0 Å². The van der Waals surface area contributed by atoms with Gasteiger partial charge in [0.2, 0.25) is 5.91 Å². The van der Waals surface area contributed by atoms with Crippen molar-refractivity contribution in [3.63, 3.8) is 0 Å². The van der Waals surface area contributed by atoms with Crippen molar-refractivity contribution in [2.75, 3.05) is 5.73 Å². The van der Waals surface area contributed by atoms with E-state index in [1.165, 1.54) is 0 Å². The van der Waals surface area contributed by atoms with Gasteiger partial charge in [0, 0.05) is 24.5 Å². The molecule has 0 radical (unpaired) electrons. The molecule has 0 saturated heterocycles. The van der Waals surface area contributed by atoms with E-state index >= 15 is 0 Å². The summed E-state index contributed by atoms with van der Waals surface area (Å²) in [5.74, 6) is 0.0182. The molecule has 4 heteroatoms. The summed E-state index contributed by atoms with van der Waals surface area (Å²) in [6.07, 6.45) is 4.56. The van der Waals surface area contributed by atoms with Crippen molar-refractivity contribution < 1.29 is 4.79 Å². The van der Waals surface area contributed by atoms with Crippen molar-refractivity contribution in [1.29, 1.82) is 0 Å². The highest BCUT2D eigenvalue weighted by Gasteiger charge is 2.10. The second-order valence-corrected chi connectivity index (χ2v) is 4.77. The Hall–Kier alpha value is -2.36. The van der Waals surface area contributed by atoms with Gasteiger partial charge in [0.05, 0.1) is 6.04 Å². The van der Waals surface area contributed by atoms with Crippen LogP contribution in [-0.2, 0) is 11.2 Å². The minimum atomic E-state index is -0.0377. The van der Waals surface area contributed by atoms with E-state index in [0.29, 0.717) is 12.8 Å². The zero-order valence-electron chi connectivity index (χ0n) is 11.5. The van der Waals surface area contributed by atoms with Crippen molar-refractivity contribution >= 4 is 11.6 Å². The lowest BCUT2D eigenvalue weighted by Crippen LogP contribution is -2.26. The van der Waals surface area contributed by atoms with Gasteiger partial charge in [-0.2, -0.15) is 0 Å². The summed E-state index contributed by atoms with van der Waals surface area (Å²) in [4.78, 5) is 16.0. The van der Waals surface area contributed by atoms with E-state index < -0.39 is 0 Å². The molecule has 4 nitrogen and oxygen atoms in total. The van der Waals surface area contributed by atoms with Crippen LogP contribution in [0.25, 0.3) is 0 Å². The molecule has 1 atom stereocenters. The topological polar surface area (TPSA) is 68.0 Å². The lowest BCUT2D eigenvalue weighted by Gasteiger charge is -2.14. The second kappa shape index (κ2) is 6.70. The minimum Gasteiger partial charge on any atom is -0.399 e. The molecule has 0 fully saturated rings. The number of aryl methyl sites for hydroxylation is 1. The number of hydrogen-bond acceptors (Lipinski definition) is 3. The van der Waals surface area contributed by atoms with Gasteiger partial charge in [0.25, 0.3) is 0 Å². The maximum atomic E-state index is 11.9. The number of anilines is 1. The SMILES string of the molecule is C[C@H](NC(=O)CCc1ccccc1N)c1cccnc1. The van der Waals surface area contributed by atoms with Crippen LogP contribution >= 0.6 is 0 Å². The fourth-order valence-corrected chi connectivity index (χ4v) is 2.04. The van der Waals surface area contributed by atoms with Crippen molar-refractivity contribution in [1.82, 2.24) is 10.3 Å². The van der Waals surface area contributed by atoms with Crippen LogP contribution in [0.2, 0.25) is 0 Å². The van der Waals surface area contributed by atoms with Gasteiger partial charge in [-0.3, -0.25) is 9.78 Å². The number of amides is 1. The lowest BCUT2D eigenvalue weighted by atomic mass is 10.1. The monoisotopic (exact) mass is 269 g/mol. The summed E-state index contributed by atoms with van der Waals surface area (Å²) in [6, 6.07) is 11.4. The molecule has 1 aromatic carbocycles. The minimum absolute atomic E-state index is 0.0182. The van der Waals surface area contributed by atoms with Crippen LogP contribution < -0.4 is 11.1 Å². The van der Waals surface area contributed by atoms with Crippen molar-refractivity contribution in [2.24, 2.45) is 0 Å². The molecule has 104 valence electrons. The summed E-state index contributed by atoms with van der Waals surface area (Å²) in [5.41, 5.74) is 8.61. The van der Waals surface area contributed by atoms with E-state index in [0.717, 1.165) is 16.8 Å². The van der Waals surface area contributed by atoms with Crippen molar-refractivity contribution in [2.45, 2.75) is 25.8 Å². The van der Waals surface area contributed by atoms with Crippen molar-refractivity contribution in [3.05, 3.63) is 59.9 Å². The molecule has 3 N–H and O–H groups in total. The molecule has 20 heavy (non-hydrogen) atoms. The summed E-state index contributed by atoms with van der Waals surface area (Å²) < 4.78 is 0. The Balaban J connectivity index is 1.86. The van der Waals surface area contributed by atoms with Crippen molar-refractivity contribution in [3.8, 4) is 0 Å². The van der Waals surface area contributed by atoms with Gasteiger partial charge in [-0.25, -0.2) is 0 Å². The maximum absolute atomic E-state index is 11.9. The quantitative estimate of drug-likeness (QED) is 0.819.